The van der Waals surface area contributed by atoms with Crippen LogP contribution in [0.4, 0.5) is 0 Å². The van der Waals surface area contributed by atoms with Crippen molar-refractivity contribution in [2.45, 2.75) is 19.3 Å². The lowest BCUT2D eigenvalue weighted by molar-refractivity contribution is 0.624. The van der Waals surface area contributed by atoms with Crippen LogP contribution in [0.3, 0.4) is 0 Å². The topological polar surface area (TPSA) is 50.4 Å². The van der Waals surface area contributed by atoms with Crippen molar-refractivity contribution in [2.24, 2.45) is 16.8 Å². The summed E-state index contributed by atoms with van der Waals surface area (Å²) in [5, 5.41) is 4.14. The van der Waals surface area contributed by atoms with Crippen molar-refractivity contribution >= 4 is 23.5 Å². The number of rotatable bonds is 2. The highest BCUT2D eigenvalue weighted by Crippen LogP contribution is 2.15. The first-order chi connectivity index (χ1) is 5.79. The van der Waals surface area contributed by atoms with Gasteiger partial charge in [0.2, 0.25) is 0 Å². The van der Waals surface area contributed by atoms with E-state index in [0.29, 0.717) is 5.92 Å². The van der Waals surface area contributed by atoms with Gasteiger partial charge >= 0.3 is 0 Å². The molecule has 0 saturated carbocycles. The fourth-order valence-corrected chi connectivity index (χ4v) is 1.21. The van der Waals surface area contributed by atoms with Crippen LogP contribution in [0.1, 0.15) is 19.3 Å². The number of allylic oxidation sites excluding steroid dienone is 2. The quantitative estimate of drug-likeness (QED) is 0.292. The van der Waals surface area contributed by atoms with Gasteiger partial charge in [0.15, 0.2) is 5.11 Å². The first-order valence-electron chi connectivity index (χ1n) is 4.02. The normalized spacial score (nSPS) is 22.8. The lowest BCUT2D eigenvalue weighted by atomic mass is 9.96. The third-order valence-corrected chi connectivity index (χ3v) is 1.86. The molecule has 0 aromatic carbocycles. The first kappa shape index (κ1) is 9.19. The summed E-state index contributed by atoms with van der Waals surface area (Å²) in [5.74, 6) is 0.539. The van der Waals surface area contributed by atoms with Crippen LogP contribution in [0.2, 0.25) is 0 Å². The Bertz CT molecular complexity index is 210. The molecule has 0 aromatic heterocycles. The van der Waals surface area contributed by atoms with Crippen LogP contribution in [-0.2, 0) is 0 Å². The van der Waals surface area contributed by atoms with Crippen LogP contribution < -0.4 is 11.2 Å². The molecule has 0 radical (unpaired) electrons. The van der Waals surface area contributed by atoms with E-state index in [-0.39, 0.29) is 5.11 Å². The van der Waals surface area contributed by atoms with Crippen molar-refractivity contribution in [3.05, 3.63) is 12.2 Å². The maximum absolute atomic E-state index is 5.20. The zero-order valence-corrected chi connectivity index (χ0v) is 7.68. The molecule has 66 valence electrons. The molecule has 0 saturated heterocycles. The van der Waals surface area contributed by atoms with E-state index < -0.39 is 0 Å². The van der Waals surface area contributed by atoms with Gasteiger partial charge in [0.05, 0.1) is 0 Å². The van der Waals surface area contributed by atoms with E-state index in [1.165, 1.54) is 6.42 Å². The predicted molar refractivity (Wildman–Crippen MR) is 54.9 cm³/mol. The van der Waals surface area contributed by atoms with Gasteiger partial charge in [-0.1, -0.05) is 12.2 Å². The molecule has 3 N–H and O–H groups in total. The Kier molecular flexibility index (Phi) is 3.73. The van der Waals surface area contributed by atoms with E-state index in [0.717, 1.165) is 12.8 Å². The number of hydrazone groups is 1. The van der Waals surface area contributed by atoms with Gasteiger partial charge in [-0.25, -0.2) is 0 Å². The van der Waals surface area contributed by atoms with Gasteiger partial charge < -0.3 is 5.73 Å². The van der Waals surface area contributed by atoms with Crippen LogP contribution >= 0.6 is 12.2 Å². The molecular weight excluding hydrogens is 170 g/mol. The molecular formula is C8H13N3S. The molecule has 1 atom stereocenters. The fourth-order valence-electron chi connectivity index (χ4n) is 1.16. The van der Waals surface area contributed by atoms with Crippen molar-refractivity contribution < 1.29 is 0 Å². The highest BCUT2D eigenvalue weighted by Gasteiger charge is 2.05. The Hall–Kier alpha value is -0.900. The molecule has 4 heteroatoms. The number of nitrogens with one attached hydrogen (secondary N) is 1. The zero-order chi connectivity index (χ0) is 8.81. The molecule has 0 aromatic rings. The number of nitrogens with zero attached hydrogens (tertiary/aromatic N) is 1. The van der Waals surface area contributed by atoms with E-state index in [1.807, 2.05) is 6.21 Å². The summed E-state index contributed by atoms with van der Waals surface area (Å²) in [4.78, 5) is 0. The Labute approximate surface area is 77.7 Å². The molecule has 1 aliphatic carbocycles. The van der Waals surface area contributed by atoms with Crippen molar-refractivity contribution in [1.29, 1.82) is 0 Å². The average molecular weight is 183 g/mol. The molecule has 1 rings (SSSR count). The van der Waals surface area contributed by atoms with E-state index in [4.69, 9.17) is 5.73 Å². The monoisotopic (exact) mass is 183 g/mol. The van der Waals surface area contributed by atoms with Crippen LogP contribution in [0, 0.1) is 5.92 Å². The molecule has 0 bridgehead atoms. The van der Waals surface area contributed by atoms with Crippen molar-refractivity contribution in [2.75, 3.05) is 0 Å². The summed E-state index contributed by atoms with van der Waals surface area (Å²) in [5.41, 5.74) is 7.75. The van der Waals surface area contributed by atoms with Crippen molar-refractivity contribution in [3.63, 3.8) is 0 Å². The molecule has 1 unspecified atom stereocenters. The highest BCUT2D eigenvalue weighted by molar-refractivity contribution is 7.80. The van der Waals surface area contributed by atoms with Gasteiger partial charge in [0.1, 0.15) is 0 Å². The Morgan fingerprint density at radius 1 is 1.67 bits per heavy atom. The Morgan fingerprint density at radius 3 is 3.08 bits per heavy atom. The molecule has 0 aliphatic heterocycles. The summed E-state index contributed by atoms with van der Waals surface area (Å²) >= 11 is 4.60. The lowest BCUT2D eigenvalue weighted by Crippen LogP contribution is -2.24. The van der Waals surface area contributed by atoms with Gasteiger partial charge in [-0.3, -0.25) is 5.43 Å². The third-order valence-electron chi connectivity index (χ3n) is 1.77. The van der Waals surface area contributed by atoms with Gasteiger partial charge in [0.25, 0.3) is 0 Å². The van der Waals surface area contributed by atoms with Crippen LogP contribution in [0.5, 0.6) is 0 Å². The SMILES string of the molecule is NC(=S)N/N=C\C1CC=CCC1. The lowest BCUT2D eigenvalue weighted by Gasteiger charge is -2.11. The number of hydrogen-bond donors (Lipinski definition) is 2. The predicted octanol–water partition coefficient (Wildman–Crippen LogP) is 1.16. The Morgan fingerprint density at radius 2 is 2.50 bits per heavy atom. The summed E-state index contributed by atoms with van der Waals surface area (Å²) in [6.45, 7) is 0. The molecule has 0 amide bonds. The smallest absolute Gasteiger partial charge is 0.184 e. The van der Waals surface area contributed by atoms with Gasteiger partial charge in [-0.05, 0) is 37.4 Å². The van der Waals surface area contributed by atoms with Crippen molar-refractivity contribution in [3.8, 4) is 0 Å². The van der Waals surface area contributed by atoms with Gasteiger partial charge in [-0.2, -0.15) is 5.10 Å². The first-order valence-corrected chi connectivity index (χ1v) is 4.43. The maximum Gasteiger partial charge on any atom is 0.184 e. The minimum absolute atomic E-state index is 0.220. The largest absolute Gasteiger partial charge is 0.375 e. The van der Waals surface area contributed by atoms with Gasteiger partial charge in [0, 0.05) is 6.21 Å². The second kappa shape index (κ2) is 4.87. The minimum atomic E-state index is 0.220. The van der Waals surface area contributed by atoms with E-state index in [2.05, 4.69) is 34.9 Å². The molecule has 0 spiro atoms. The standard InChI is InChI=1S/C8H13N3S/c9-8(12)11-10-6-7-4-2-1-3-5-7/h1-2,6-7H,3-5H2,(H3,9,11,12)/b10-6-. The molecule has 1 aliphatic rings. The molecule has 0 heterocycles. The van der Waals surface area contributed by atoms with Crippen LogP contribution in [0.25, 0.3) is 0 Å². The number of hydrogen-bond acceptors (Lipinski definition) is 2. The second-order valence-electron chi connectivity index (χ2n) is 2.80. The average Bonchev–Trinajstić information content (AvgIpc) is 2.05. The number of nitrogens with two attached hydrogens (primary N) is 1. The second-order valence-corrected chi connectivity index (χ2v) is 3.24. The third kappa shape index (κ3) is 3.48. The van der Waals surface area contributed by atoms with Crippen LogP contribution in [-0.4, -0.2) is 11.3 Å². The summed E-state index contributed by atoms with van der Waals surface area (Å²) in [6.07, 6.45) is 9.64. The van der Waals surface area contributed by atoms with E-state index >= 15 is 0 Å². The zero-order valence-electron chi connectivity index (χ0n) is 6.86. The molecule has 12 heavy (non-hydrogen) atoms. The summed E-state index contributed by atoms with van der Waals surface area (Å²) < 4.78 is 0. The minimum Gasteiger partial charge on any atom is -0.375 e. The Balaban J connectivity index is 2.25. The van der Waals surface area contributed by atoms with E-state index in [1.54, 1.807) is 0 Å². The van der Waals surface area contributed by atoms with Crippen LogP contribution in [0.15, 0.2) is 17.3 Å². The maximum atomic E-state index is 5.20. The summed E-state index contributed by atoms with van der Waals surface area (Å²) in [6, 6.07) is 0. The molecule has 0 fully saturated rings. The van der Waals surface area contributed by atoms with E-state index in [9.17, 15) is 0 Å². The van der Waals surface area contributed by atoms with Crippen molar-refractivity contribution in [1.82, 2.24) is 5.43 Å². The highest BCUT2D eigenvalue weighted by atomic mass is 32.1. The van der Waals surface area contributed by atoms with Gasteiger partial charge in [-0.15, -0.1) is 0 Å². The molecule has 3 nitrogen and oxygen atoms in total. The number of thiocarbonyl (C=S) groups is 1. The summed E-state index contributed by atoms with van der Waals surface area (Å²) in [7, 11) is 0. The fraction of sp³-hybridized carbons (Fsp3) is 0.500.